The number of fused-ring (bicyclic) bond motifs is 2. The highest BCUT2D eigenvalue weighted by molar-refractivity contribution is 5.99. The summed E-state index contributed by atoms with van der Waals surface area (Å²) in [5.41, 5.74) is 1.55. The van der Waals surface area contributed by atoms with Crippen LogP contribution in [0.15, 0.2) is 49.1 Å². The van der Waals surface area contributed by atoms with E-state index in [4.69, 9.17) is 0 Å². The van der Waals surface area contributed by atoms with Gasteiger partial charge >= 0.3 is 6.18 Å². The van der Waals surface area contributed by atoms with E-state index in [0.717, 1.165) is 10.1 Å². The van der Waals surface area contributed by atoms with Crippen molar-refractivity contribution in [2.45, 2.75) is 51.4 Å². The molecular formula is C31H29F3N10. The van der Waals surface area contributed by atoms with Gasteiger partial charge in [-0.25, -0.2) is 9.67 Å². The molecule has 44 heavy (non-hydrogen) atoms. The Morgan fingerprint density at radius 2 is 1.80 bits per heavy atom. The Labute approximate surface area is 251 Å². The van der Waals surface area contributed by atoms with E-state index in [-0.39, 0.29) is 29.5 Å². The molecule has 0 bridgehead atoms. The molecule has 0 radical (unpaired) electrons. The molecule has 6 rings (SSSR count). The molecule has 0 spiro atoms. The molecular weight excluding hydrogens is 569 g/mol. The van der Waals surface area contributed by atoms with Crippen LogP contribution in [-0.2, 0) is 12.6 Å². The molecule has 1 atom stereocenters. The van der Waals surface area contributed by atoms with Crippen molar-refractivity contribution in [3.63, 3.8) is 0 Å². The first-order valence-corrected chi connectivity index (χ1v) is 14.0. The van der Waals surface area contributed by atoms with Crippen LogP contribution >= 0.6 is 0 Å². The van der Waals surface area contributed by atoms with E-state index in [1.807, 2.05) is 23.9 Å². The summed E-state index contributed by atoms with van der Waals surface area (Å²) < 4.78 is 44.6. The van der Waals surface area contributed by atoms with Crippen LogP contribution in [0.2, 0.25) is 0 Å². The Morgan fingerprint density at radius 1 is 1.05 bits per heavy atom. The number of rotatable bonds is 7. The minimum absolute atomic E-state index is 0.0651. The van der Waals surface area contributed by atoms with Gasteiger partial charge < -0.3 is 15.2 Å². The Hall–Kier alpha value is -5.17. The van der Waals surface area contributed by atoms with Crippen molar-refractivity contribution in [3.05, 3.63) is 71.4 Å². The zero-order chi connectivity index (χ0) is 31.4. The van der Waals surface area contributed by atoms with E-state index in [9.17, 15) is 23.7 Å². The molecule has 1 saturated carbocycles. The van der Waals surface area contributed by atoms with Crippen LogP contribution in [0.3, 0.4) is 0 Å². The number of alkyl halides is 3. The van der Waals surface area contributed by atoms with Crippen LogP contribution in [0, 0.1) is 28.1 Å². The minimum atomic E-state index is -4.47. The average Bonchev–Trinajstić information content (AvgIpc) is 3.52. The number of benzene rings is 1. The Balaban J connectivity index is 1.51. The number of aromatic nitrogens is 6. The molecule has 13 heteroatoms. The maximum Gasteiger partial charge on any atom is 0.413 e. The molecule has 5 aromatic rings. The smallest absolute Gasteiger partial charge is 0.383 e. The normalized spacial score (nSPS) is 15.1. The zero-order valence-electron chi connectivity index (χ0n) is 24.5. The fraction of sp³-hybridized carbons (Fsp3) is 0.355. The maximum atomic E-state index is 14.0. The first-order valence-electron chi connectivity index (χ1n) is 14.0. The van der Waals surface area contributed by atoms with Gasteiger partial charge in [0.05, 0.1) is 34.6 Å². The number of hydrogen-bond donors (Lipinski definition) is 2. The van der Waals surface area contributed by atoms with Gasteiger partial charge in [0.1, 0.15) is 23.5 Å². The second-order valence-corrected chi connectivity index (χ2v) is 12.4. The molecule has 0 amide bonds. The molecule has 4 heterocycles. The predicted molar refractivity (Wildman–Crippen MR) is 159 cm³/mol. The third-order valence-corrected chi connectivity index (χ3v) is 7.93. The third-order valence-electron chi connectivity index (χ3n) is 7.93. The van der Waals surface area contributed by atoms with Gasteiger partial charge in [-0.2, -0.15) is 23.7 Å². The largest absolute Gasteiger partial charge is 0.413 e. The minimum Gasteiger partial charge on any atom is -0.383 e. The average molecular weight is 599 g/mol. The standard InChI is InChI=1S/C31H29F3N10/c1-29(2,3)17-39-26-19(14-36)15-38-25-18(13-35)11-20(12-23(25)26)40-27(21-5-9-37-28-22(21)6-10-43(28)4)24-16-44(42-41-24)30(7-8-30)31(32,33)34/h5-6,9-12,15-16,27,40H,7-8,17H2,1-4H3,(H,38,39)/t27-/m0/s1. The Morgan fingerprint density at radius 3 is 2.45 bits per heavy atom. The second-order valence-electron chi connectivity index (χ2n) is 12.4. The van der Waals surface area contributed by atoms with E-state index in [0.29, 0.717) is 45.6 Å². The molecule has 224 valence electrons. The Kier molecular flexibility index (Phi) is 6.72. The molecule has 0 aliphatic heterocycles. The number of pyridine rings is 2. The molecule has 1 fully saturated rings. The number of nitrogens with zero attached hydrogens (tertiary/aromatic N) is 8. The first kappa shape index (κ1) is 28.9. The lowest BCUT2D eigenvalue weighted by Crippen LogP contribution is -2.35. The number of halogens is 3. The van der Waals surface area contributed by atoms with E-state index < -0.39 is 17.8 Å². The summed E-state index contributed by atoms with van der Waals surface area (Å²) in [6, 6.07) is 10.7. The lowest BCUT2D eigenvalue weighted by Gasteiger charge is -2.23. The quantitative estimate of drug-likeness (QED) is 0.227. The molecule has 1 aliphatic carbocycles. The van der Waals surface area contributed by atoms with Crippen molar-refractivity contribution < 1.29 is 13.2 Å². The summed E-state index contributed by atoms with van der Waals surface area (Å²) in [5, 5.41) is 36.2. The summed E-state index contributed by atoms with van der Waals surface area (Å²) in [6.45, 7) is 6.73. The highest BCUT2D eigenvalue weighted by atomic mass is 19.4. The monoisotopic (exact) mass is 598 g/mol. The van der Waals surface area contributed by atoms with Crippen LogP contribution in [0.25, 0.3) is 21.9 Å². The third kappa shape index (κ3) is 4.94. The maximum absolute atomic E-state index is 14.0. The molecule has 0 unspecified atom stereocenters. The topological polar surface area (TPSA) is 133 Å². The fourth-order valence-corrected chi connectivity index (χ4v) is 5.39. The number of nitrogens with one attached hydrogen (secondary N) is 2. The summed E-state index contributed by atoms with van der Waals surface area (Å²) in [4.78, 5) is 8.88. The molecule has 4 aromatic heterocycles. The number of anilines is 2. The van der Waals surface area contributed by atoms with E-state index in [1.165, 1.54) is 12.4 Å². The van der Waals surface area contributed by atoms with Crippen LogP contribution in [0.5, 0.6) is 0 Å². The lowest BCUT2D eigenvalue weighted by atomic mass is 9.96. The van der Waals surface area contributed by atoms with Crippen LogP contribution < -0.4 is 10.6 Å². The van der Waals surface area contributed by atoms with Gasteiger partial charge in [0.25, 0.3) is 0 Å². The summed E-state index contributed by atoms with van der Waals surface area (Å²) >= 11 is 0. The highest BCUT2D eigenvalue weighted by Gasteiger charge is 2.66. The van der Waals surface area contributed by atoms with E-state index in [2.05, 4.69) is 63.8 Å². The van der Waals surface area contributed by atoms with Crippen molar-refractivity contribution in [1.82, 2.24) is 29.5 Å². The van der Waals surface area contributed by atoms with Crippen molar-refractivity contribution >= 4 is 33.3 Å². The number of hydrogen-bond acceptors (Lipinski definition) is 8. The van der Waals surface area contributed by atoms with Gasteiger partial charge in [-0.1, -0.05) is 26.0 Å². The SMILES string of the molecule is Cn1ccc2c([C@H](Nc3cc(C#N)c4ncc(C#N)c(NCC(C)(C)C)c4c3)c3cn(C4(C(F)(F)F)CC4)nn3)ccnc21. The molecule has 1 aliphatic rings. The zero-order valence-corrected chi connectivity index (χ0v) is 24.5. The van der Waals surface area contributed by atoms with Gasteiger partial charge in [0.2, 0.25) is 0 Å². The summed E-state index contributed by atoms with van der Waals surface area (Å²) in [5.74, 6) is 0. The van der Waals surface area contributed by atoms with E-state index in [1.54, 1.807) is 24.4 Å². The molecule has 1 aromatic carbocycles. The molecule has 2 N–H and O–H groups in total. The number of aryl methyl sites for hydroxylation is 1. The van der Waals surface area contributed by atoms with Gasteiger partial charge in [0, 0.05) is 48.6 Å². The summed E-state index contributed by atoms with van der Waals surface area (Å²) in [7, 11) is 1.85. The van der Waals surface area contributed by atoms with Crippen LogP contribution in [-0.4, -0.2) is 42.2 Å². The summed E-state index contributed by atoms with van der Waals surface area (Å²) in [6.07, 6.45) is 1.67. The van der Waals surface area contributed by atoms with Gasteiger partial charge in [-0.15, -0.1) is 5.10 Å². The van der Waals surface area contributed by atoms with Gasteiger partial charge in [0.15, 0.2) is 5.54 Å². The molecule has 0 saturated heterocycles. The van der Waals surface area contributed by atoms with Gasteiger partial charge in [-0.3, -0.25) is 4.98 Å². The first-order chi connectivity index (χ1) is 20.8. The van der Waals surface area contributed by atoms with Crippen LogP contribution in [0.1, 0.15) is 62.0 Å². The van der Waals surface area contributed by atoms with Crippen molar-refractivity contribution in [3.8, 4) is 12.1 Å². The van der Waals surface area contributed by atoms with Crippen LogP contribution in [0.4, 0.5) is 24.5 Å². The molecule has 10 nitrogen and oxygen atoms in total. The fourth-order valence-electron chi connectivity index (χ4n) is 5.39. The van der Waals surface area contributed by atoms with Gasteiger partial charge in [-0.05, 0) is 48.1 Å². The Bertz CT molecular complexity index is 1980. The van der Waals surface area contributed by atoms with E-state index >= 15 is 0 Å². The lowest BCUT2D eigenvalue weighted by molar-refractivity contribution is -0.182. The number of nitriles is 2. The van der Waals surface area contributed by atoms with Crippen molar-refractivity contribution in [2.24, 2.45) is 12.5 Å². The van der Waals surface area contributed by atoms with Crippen molar-refractivity contribution in [2.75, 3.05) is 17.2 Å². The second kappa shape index (κ2) is 10.2. The van der Waals surface area contributed by atoms with Crippen molar-refractivity contribution in [1.29, 1.82) is 10.5 Å². The predicted octanol–water partition coefficient (Wildman–Crippen LogP) is 6.17. The highest BCUT2D eigenvalue weighted by Crippen LogP contribution is 2.55.